The third-order valence-corrected chi connectivity index (χ3v) is 8.30. The molecule has 1 aromatic carbocycles. The number of aromatic nitrogens is 2. The lowest BCUT2D eigenvalue weighted by molar-refractivity contribution is -0.153. The van der Waals surface area contributed by atoms with E-state index in [1.165, 1.54) is 11.2 Å². The number of hydrogen-bond donors (Lipinski definition) is 2. The largest absolute Gasteiger partial charge is 0.497 e. The molecule has 0 saturated carbocycles. The normalized spacial score (nSPS) is 16.9. The molecule has 35 heavy (non-hydrogen) atoms. The highest BCUT2D eigenvalue weighted by Crippen LogP contribution is 2.41. The van der Waals surface area contributed by atoms with E-state index in [-0.39, 0.29) is 0 Å². The average Bonchev–Trinajstić information content (AvgIpc) is 3.39. The summed E-state index contributed by atoms with van der Waals surface area (Å²) in [4.78, 5) is 23.4. The molecule has 0 radical (unpaired) electrons. The van der Waals surface area contributed by atoms with Crippen LogP contribution in [0.3, 0.4) is 0 Å². The van der Waals surface area contributed by atoms with E-state index in [0.29, 0.717) is 47.5 Å². The van der Waals surface area contributed by atoms with Crippen LogP contribution >= 0.6 is 22.9 Å². The Hall–Kier alpha value is -2.26. The van der Waals surface area contributed by atoms with Crippen molar-refractivity contribution >= 4 is 39.8 Å². The Bertz CT molecular complexity index is 1130. The Morgan fingerprint density at radius 1 is 1.29 bits per heavy atom. The van der Waals surface area contributed by atoms with Crippen LogP contribution in [-0.2, 0) is 11.2 Å². The third kappa shape index (κ3) is 6.12. The van der Waals surface area contributed by atoms with Crippen LogP contribution in [0, 0.1) is 5.41 Å². The number of halogens is 1. The first-order chi connectivity index (χ1) is 16.9. The molecular weight excluding hydrogens is 486 g/mol. The summed E-state index contributed by atoms with van der Waals surface area (Å²) in [6.07, 6.45) is 7.54. The maximum atomic E-state index is 12.3. The van der Waals surface area contributed by atoms with Gasteiger partial charge in [-0.05, 0) is 82.8 Å². The molecule has 7 nitrogen and oxygen atoms in total. The summed E-state index contributed by atoms with van der Waals surface area (Å²) in [6.45, 7) is 2.50. The molecular formula is C26H32ClN3O4S. The summed E-state index contributed by atoms with van der Waals surface area (Å²) in [7, 11) is 1.58. The first-order valence-corrected chi connectivity index (χ1v) is 13.3. The zero-order valence-corrected chi connectivity index (χ0v) is 21.5. The van der Waals surface area contributed by atoms with Crippen LogP contribution in [0.15, 0.2) is 36.0 Å². The highest BCUT2D eigenvalue weighted by molar-refractivity contribution is 7.09. The molecule has 3 aromatic rings. The molecule has 0 aliphatic carbocycles. The van der Waals surface area contributed by atoms with E-state index in [9.17, 15) is 15.0 Å². The summed E-state index contributed by atoms with van der Waals surface area (Å²) >= 11 is 8.13. The van der Waals surface area contributed by atoms with Crippen molar-refractivity contribution in [2.24, 2.45) is 5.41 Å². The van der Waals surface area contributed by atoms with Gasteiger partial charge in [-0.3, -0.25) is 9.78 Å². The lowest BCUT2D eigenvalue weighted by atomic mass is 9.74. The van der Waals surface area contributed by atoms with Gasteiger partial charge in [-0.15, -0.1) is 11.3 Å². The van der Waals surface area contributed by atoms with Gasteiger partial charge in [0.15, 0.2) is 0 Å². The quantitative estimate of drug-likeness (QED) is 0.331. The van der Waals surface area contributed by atoms with Crippen molar-refractivity contribution in [3.05, 3.63) is 51.6 Å². The number of carboxylic acids is 1. The number of rotatable bonds is 11. The number of carboxylic acid groups (broad SMARTS) is 1. The van der Waals surface area contributed by atoms with E-state index in [1.807, 2.05) is 29.8 Å². The van der Waals surface area contributed by atoms with E-state index < -0.39 is 17.5 Å². The van der Waals surface area contributed by atoms with E-state index >= 15 is 0 Å². The Morgan fingerprint density at radius 3 is 2.77 bits per heavy atom. The highest BCUT2D eigenvalue weighted by atomic mass is 35.5. The van der Waals surface area contributed by atoms with Crippen molar-refractivity contribution in [1.82, 2.24) is 14.9 Å². The molecule has 0 bridgehead atoms. The number of ether oxygens (including phenoxy) is 1. The number of thiazole rings is 1. The molecule has 188 valence electrons. The van der Waals surface area contributed by atoms with Crippen molar-refractivity contribution in [3.8, 4) is 5.75 Å². The molecule has 0 amide bonds. The predicted molar refractivity (Wildman–Crippen MR) is 138 cm³/mol. The van der Waals surface area contributed by atoms with Gasteiger partial charge in [-0.25, -0.2) is 4.98 Å². The maximum absolute atomic E-state index is 12.3. The lowest BCUT2D eigenvalue weighted by Gasteiger charge is -2.39. The van der Waals surface area contributed by atoms with Crippen molar-refractivity contribution in [1.29, 1.82) is 0 Å². The van der Waals surface area contributed by atoms with Crippen molar-refractivity contribution < 1.29 is 19.7 Å². The van der Waals surface area contributed by atoms with Gasteiger partial charge in [-0.2, -0.15) is 0 Å². The summed E-state index contributed by atoms with van der Waals surface area (Å²) in [5.41, 5.74) is 0.458. The molecule has 2 N–H and O–H groups in total. The molecule has 1 saturated heterocycles. The molecule has 0 unspecified atom stereocenters. The monoisotopic (exact) mass is 517 g/mol. The Labute approximate surface area is 214 Å². The van der Waals surface area contributed by atoms with E-state index in [1.54, 1.807) is 18.4 Å². The van der Waals surface area contributed by atoms with Crippen LogP contribution in [0.5, 0.6) is 5.75 Å². The molecule has 1 atom stereocenters. The third-order valence-electron chi connectivity index (χ3n) is 7.16. The topological polar surface area (TPSA) is 95.8 Å². The number of likely N-dealkylation sites (tertiary alicyclic amines) is 1. The Kier molecular flexibility index (Phi) is 8.59. The highest BCUT2D eigenvalue weighted by Gasteiger charge is 2.41. The molecule has 9 heteroatoms. The summed E-state index contributed by atoms with van der Waals surface area (Å²) in [5, 5.41) is 25.5. The van der Waals surface area contributed by atoms with Gasteiger partial charge in [0.25, 0.3) is 0 Å². The summed E-state index contributed by atoms with van der Waals surface area (Å²) in [6, 6.07) is 5.45. The van der Waals surface area contributed by atoms with Gasteiger partial charge < -0.3 is 19.8 Å². The fraction of sp³-hybridized carbons (Fsp3) is 0.500. The van der Waals surface area contributed by atoms with Crippen LogP contribution in [0.1, 0.15) is 55.2 Å². The van der Waals surface area contributed by atoms with Crippen LogP contribution in [0.2, 0.25) is 5.02 Å². The predicted octanol–water partition coefficient (Wildman–Crippen LogP) is 5.36. The number of nitrogens with zero attached hydrogens (tertiary/aromatic N) is 3. The fourth-order valence-corrected chi connectivity index (χ4v) is 5.89. The van der Waals surface area contributed by atoms with Crippen LogP contribution in [0.25, 0.3) is 10.9 Å². The summed E-state index contributed by atoms with van der Waals surface area (Å²) in [5.74, 6) is -0.128. The molecule has 1 aliphatic heterocycles. The first kappa shape index (κ1) is 25.8. The lowest BCUT2D eigenvalue weighted by Crippen LogP contribution is -2.44. The number of fused-ring (bicyclic) bond motifs is 1. The number of piperidine rings is 1. The van der Waals surface area contributed by atoms with Crippen molar-refractivity contribution in [2.75, 3.05) is 26.7 Å². The fourth-order valence-electron chi connectivity index (χ4n) is 4.95. The van der Waals surface area contributed by atoms with Crippen LogP contribution in [-0.4, -0.2) is 57.8 Å². The van der Waals surface area contributed by atoms with Gasteiger partial charge in [0.05, 0.1) is 34.2 Å². The number of hydrogen-bond acceptors (Lipinski definition) is 7. The second-order valence-electron chi connectivity index (χ2n) is 9.27. The second kappa shape index (κ2) is 11.6. The second-order valence-corrected chi connectivity index (χ2v) is 10.7. The number of aryl methyl sites for hydroxylation is 1. The van der Waals surface area contributed by atoms with Crippen molar-refractivity contribution in [2.45, 2.75) is 51.0 Å². The number of unbranched alkanes of at least 4 members (excludes halogenated alkanes) is 1. The minimum atomic E-state index is -0.889. The molecule has 4 rings (SSSR count). The minimum absolute atomic E-state index is 0.316. The Morgan fingerprint density at radius 2 is 2.09 bits per heavy atom. The van der Waals surface area contributed by atoms with E-state index in [2.05, 4.69) is 14.9 Å². The number of methoxy groups -OCH3 is 1. The van der Waals surface area contributed by atoms with Crippen molar-refractivity contribution in [3.63, 3.8) is 0 Å². The number of aliphatic hydroxyl groups is 1. The smallest absolute Gasteiger partial charge is 0.309 e. The molecule has 3 heterocycles. The zero-order valence-electron chi connectivity index (χ0n) is 20.0. The van der Waals surface area contributed by atoms with Gasteiger partial charge >= 0.3 is 5.97 Å². The number of aliphatic carboxylic acids is 1. The molecule has 1 fully saturated rings. The van der Waals surface area contributed by atoms with Gasteiger partial charge in [0, 0.05) is 28.7 Å². The van der Waals surface area contributed by atoms with Gasteiger partial charge in [0.2, 0.25) is 0 Å². The maximum Gasteiger partial charge on any atom is 0.309 e. The molecule has 2 aromatic heterocycles. The number of carbonyl (C=O) groups is 1. The standard InChI is InChI=1S/C26H32ClN3O4S/c1-34-18-5-6-21-19(16-18)24(20(27)17-29-21)22(31)7-8-26(25(32)33)9-13-30(14-10-26)12-3-2-4-23-28-11-15-35-23/h5-6,11,15-17,22,31H,2-4,7-10,12-14H2,1H3,(H,32,33)/t22-/m1/s1. The minimum Gasteiger partial charge on any atom is -0.497 e. The number of pyridine rings is 1. The number of benzene rings is 1. The van der Waals surface area contributed by atoms with Crippen LogP contribution in [0.4, 0.5) is 0 Å². The summed E-state index contributed by atoms with van der Waals surface area (Å²) < 4.78 is 5.33. The van der Waals surface area contributed by atoms with E-state index in [4.69, 9.17) is 16.3 Å². The molecule has 1 aliphatic rings. The average molecular weight is 518 g/mol. The zero-order chi connectivity index (χ0) is 24.8. The molecule has 0 spiro atoms. The van der Waals surface area contributed by atoms with Gasteiger partial charge in [-0.1, -0.05) is 11.6 Å². The van der Waals surface area contributed by atoms with Crippen LogP contribution < -0.4 is 4.74 Å². The van der Waals surface area contributed by atoms with E-state index in [0.717, 1.165) is 44.3 Å². The van der Waals surface area contributed by atoms with Gasteiger partial charge in [0.1, 0.15) is 5.75 Å². The number of aliphatic hydroxyl groups excluding tert-OH is 1. The first-order valence-electron chi connectivity index (χ1n) is 12.1. The SMILES string of the molecule is COc1ccc2ncc(Cl)c([C@H](O)CCC3(C(=O)O)CCN(CCCCc4nccs4)CC3)c2c1. The Balaban J connectivity index is 1.35.